The number of fused-ring (bicyclic) bond motifs is 1. The highest BCUT2D eigenvalue weighted by atomic mass is 19.1. The van der Waals surface area contributed by atoms with Gasteiger partial charge in [-0.05, 0) is 72.7 Å². The molecule has 0 bridgehead atoms. The topological polar surface area (TPSA) is 108 Å². The molecule has 2 aromatic rings. The van der Waals surface area contributed by atoms with Crippen LogP contribution in [0, 0.1) is 5.82 Å². The van der Waals surface area contributed by atoms with Crippen LogP contribution < -0.4 is 16.1 Å². The molecule has 7 nitrogen and oxygen atoms in total. The van der Waals surface area contributed by atoms with E-state index in [1.54, 1.807) is 11.6 Å². The Morgan fingerprint density at radius 1 is 1.06 bits per heavy atom. The highest BCUT2D eigenvalue weighted by molar-refractivity contribution is 5.94. The average molecular weight is 454 g/mol. The summed E-state index contributed by atoms with van der Waals surface area (Å²) < 4.78 is 13.1. The van der Waals surface area contributed by atoms with E-state index in [1.165, 1.54) is 30.3 Å². The Kier molecular flexibility index (Phi) is 8.71. The molecule has 0 fully saturated rings. The highest BCUT2D eigenvalue weighted by Gasteiger charge is 2.24. The minimum Gasteiger partial charge on any atom is -0.353 e. The lowest BCUT2D eigenvalue weighted by molar-refractivity contribution is -0.129. The Hall–Kier alpha value is -3.52. The van der Waals surface area contributed by atoms with Gasteiger partial charge in [-0.15, -0.1) is 0 Å². The van der Waals surface area contributed by atoms with Gasteiger partial charge in [0.25, 0.3) is 5.91 Å². The highest BCUT2D eigenvalue weighted by Crippen LogP contribution is 2.32. The van der Waals surface area contributed by atoms with Gasteiger partial charge in [0.1, 0.15) is 5.82 Å². The van der Waals surface area contributed by atoms with Crippen molar-refractivity contribution in [2.75, 3.05) is 6.54 Å². The number of hydrogen-bond acceptors (Lipinski definition) is 4. The quantitative estimate of drug-likeness (QED) is 0.191. The van der Waals surface area contributed by atoms with Crippen molar-refractivity contribution in [2.24, 2.45) is 0 Å². The largest absolute Gasteiger partial charge is 0.353 e. The van der Waals surface area contributed by atoms with Crippen LogP contribution in [0.25, 0.3) is 6.08 Å². The first-order valence-electron chi connectivity index (χ1n) is 11.0. The molecule has 1 atom stereocenters. The first kappa shape index (κ1) is 24.1. The molecule has 2 aromatic carbocycles. The maximum atomic E-state index is 13.1. The molecular formula is C25H28FN3O4. The van der Waals surface area contributed by atoms with Gasteiger partial charge in [0, 0.05) is 24.6 Å². The molecule has 1 unspecified atom stereocenters. The number of hydrogen-bond donors (Lipinski definition) is 4. The van der Waals surface area contributed by atoms with Crippen molar-refractivity contribution < 1.29 is 24.0 Å². The normalized spacial score (nSPS) is 14.7. The molecule has 1 aliphatic rings. The second kappa shape index (κ2) is 11.9. The maximum Gasteiger partial charge on any atom is 0.251 e. The molecule has 0 saturated heterocycles. The van der Waals surface area contributed by atoms with Crippen molar-refractivity contribution in [2.45, 2.75) is 44.6 Å². The molecule has 4 N–H and O–H groups in total. The third-order valence-corrected chi connectivity index (χ3v) is 5.59. The van der Waals surface area contributed by atoms with E-state index >= 15 is 0 Å². The van der Waals surface area contributed by atoms with Crippen LogP contribution >= 0.6 is 0 Å². The van der Waals surface area contributed by atoms with Crippen LogP contribution in [0.5, 0.6) is 0 Å². The summed E-state index contributed by atoms with van der Waals surface area (Å²) >= 11 is 0. The van der Waals surface area contributed by atoms with Gasteiger partial charge in [0.2, 0.25) is 11.8 Å². The third-order valence-electron chi connectivity index (χ3n) is 5.59. The maximum absolute atomic E-state index is 13.1. The zero-order chi connectivity index (χ0) is 23.6. The second-order valence-electron chi connectivity index (χ2n) is 8.00. The summed E-state index contributed by atoms with van der Waals surface area (Å²) in [4.78, 5) is 35.3. The van der Waals surface area contributed by atoms with Crippen molar-refractivity contribution >= 4 is 23.8 Å². The van der Waals surface area contributed by atoms with E-state index in [0.29, 0.717) is 18.5 Å². The predicted molar refractivity (Wildman–Crippen MR) is 122 cm³/mol. The van der Waals surface area contributed by atoms with Gasteiger partial charge < -0.3 is 10.6 Å². The van der Waals surface area contributed by atoms with E-state index in [9.17, 15) is 18.8 Å². The monoisotopic (exact) mass is 453 g/mol. The van der Waals surface area contributed by atoms with Crippen LogP contribution in [0.15, 0.2) is 48.5 Å². The molecule has 1 aliphatic carbocycles. The zero-order valence-corrected chi connectivity index (χ0v) is 18.3. The minimum atomic E-state index is -0.405. The Bertz CT molecular complexity index is 1020. The summed E-state index contributed by atoms with van der Waals surface area (Å²) in [7, 11) is 0. The van der Waals surface area contributed by atoms with Crippen molar-refractivity contribution in [3.63, 3.8) is 0 Å². The van der Waals surface area contributed by atoms with Crippen LogP contribution in [0.1, 0.15) is 65.2 Å². The standard InChI is InChI=1S/C25H28FN3O4/c26-20-10-7-18(8-11-20)25(32)28-22-13-9-19-16-17(5-12-21(19)22)6-14-23(30)27-15-3-1-2-4-24(31)29-33/h5-8,10-12,14,16,22,33H,1-4,9,13,15H2,(H,27,30)(H,28,32)(H,29,31)/b14-6+. The molecule has 0 spiro atoms. The number of carbonyl (C=O) groups is 3. The molecule has 3 amide bonds. The van der Waals surface area contributed by atoms with Gasteiger partial charge in [-0.2, -0.15) is 0 Å². The molecule has 33 heavy (non-hydrogen) atoms. The van der Waals surface area contributed by atoms with Gasteiger partial charge in [-0.25, -0.2) is 9.87 Å². The Morgan fingerprint density at radius 3 is 2.61 bits per heavy atom. The first-order valence-corrected chi connectivity index (χ1v) is 11.0. The van der Waals surface area contributed by atoms with E-state index in [4.69, 9.17) is 5.21 Å². The number of nitrogens with one attached hydrogen (secondary N) is 3. The Labute approximate surface area is 192 Å². The molecule has 0 saturated carbocycles. The number of aryl methyl sites for hydroxylation is 1. The fourth-order valence-electron chi connectivity index (χ4n) is 3.82. The van der Waals surface area contributed by atoms with E-state index in [-0.39, 0.29) is 30.1 Å². The Balaban J connectivity index is 1.45. The van der Waals surface area contributed by atoms with Gasteiger partial charge in [-0.1, -0.05) is 24.6 Å². The van der Waals surface area contributed by atoms with Crippen LogP contribution in [0.2, 0.25) is 0 Å². The number of rotatable bonds is 10. The van der Waals surface area contributed by atoms with E-state index < -0.39 is 5.91 Å². The van der Waals surface area contributed by atoms with Gasteiger partial charge in [0.15, 0.2) is 0 Å². The van der Waals surface area contributed by atoms with E-state index in [0.717, 1.165) is 42.4 Å². The number of amides is 3. The molecule has 0 aliphatic heterocycles. The molecular weight excluding hydrogens is 425 g/mol. The number of carbonyl (C=O) groups excluding carboxylic acids is 3. The van der Waals surface area contributed by atoms with Gasteiger partial charge in [0.05, 0.1) is 6.04 Å². The molecule has 8 heteroatoms. The smallest absolute Gasteiger partial charge is 0.251 e. The molecule has 174 valence electrons. The summed E-state index contributed by atoms with van der Waals surface area (Å²) in [6.45, 7) is 0.517. The van der Waals surface area contributed by atoms with Crippen molar-refractivity contribution in [1.29, 1.82) is 0 Å². The molecule has 0 aromatic heterocycles. The minimum absolute atomic E-state index is 0.0951. The fraction of sp³-hybridized carbons (Fsp3) is 0.320. The van der Waals surface area contributed by atoms with Crippen LogP contribution in [-0.4, -0.2) is 29.5 Å². The lowest BCUT2D eigenvalue weighted by Crippen LogP contribution is -2.27. The Morgan fingerprint density at radius 2 is 1.85 bits per heavy atom. The summed E-state index contributed by atoms with van der Waals surface area (Å²) in [5, 5.41) is 14.2. The number of halogens is 1. The van der Waals surface area contributed by atoms with E-state index in [1.807, 2.05) is 18.2 Å². The van der Waals surface area contributed by atoms with Crippen LogP contribution in [0.4, 0.5) is 4.39 Å². The first-order chi connectivity index (χ1) is 16.0. The molecule has 0 radical (unpaired) electrons. The van der Waals surface area contributed by atoms with E-state index in [2.05, 4.69) is 10.6 Å². The third kappa shape index (κ3) is 7.25. The second-order valence-corrected chi connectivity index (χ2v) is 8.00. The number of unbranched alkanes of at least 4 members (excludes halogenated alkanes) is 2. The fourth-order valence-corrected chi connectivity index (χ4v) is 3.82. The summed E-state index contributed by atoms with van der Waals surface area (Å²) in [6.07, 6.45) is 7.30. The lowest BCUT2D eigenvalue weighted by Gasteiger charge is -2.14. The SMILES string of the molecule is O=C(/C=C/c1ccc2c(c1)CCC2NC(=O)c1ccc(F)cc1)NCCCCCC(=O)NO. The lowest BCUT2D eigenvalue weighted by atomic mass is 10.0. The number of benzene rings is 2. The van der Waals surface area contributed by atoms with Gasteiger partial charge in [-0.3, -0.25) is 19.6 Å². The molecule has 3 rings (SSSR count). The van der Waals surface area contributed by atoms with Gasteiger partial charge >= 0.3 is 0 Å². The van der Waals surface area contributed by atoms with Crippen molar-refractivity contribution in [3.8, 4) is 0 Å². The van der Waals surface area contributed by atoms with Crippen molar-refractivity contribution in [1.82, 2.24) is 16.1 Å². The summed E-state index contributed by atoms with van der Waals surface area (Å²) in [5.74, 6) is -1.20. The number of hydroxylamine groups is 1. The zero-order valence-electron chi connectivity index (χ0n) is 18.3. The van der Waals surface area contributed by atoms with Crippen LogP contribution in [-0.2, 0) is 16.0 Å². The summed E-state index contributed by atoms with van der Waals surface area (Å²) in [5.41, 5.74) is 5.11. The van der Waals surface area contributed by atoms with Crippen molar-refractivity contribution in [3.05, 3.63) is 76.6 Å². The van der Waals surface area contributed by atoms with Crippen LogP contribution in [0.3, 0.4) is 0 Å². The predicted octanol–water partition coefficient (Wildman–Crippen LogP) is 3.44. The summed E-state index contributed by atoms with van der Waals surface area (Å²) in [6, 6.07) is 11.3. The molecule has 0 heterocycles. The average Bonchev–Trinajstić information content (AvgIpc) is 3.21.